The van der Waals surface area contributed by atoms with Crippen molar-refractivity contribution in [3.05, 3.63) is 47.5 Å². The number of nitrogens with zero attached hydrogens (tertiary/aromatic N) is 1. The number of benzene rings is 1. The van der Waals surface area contributed by atoms with Crippen LogP contribution in [-0.4, -0.2) is 41.8 Å². The number of esters is 2. The predicted octanol–water partition coefficient (Wildman–Crippen LogP) is 1.86. The normalized spacial score (nSPS) is 22.4. The molecule has 1 aromatic carbocycles. The number of hydrogen-bond donors (Lipinski definition) is 0. The van der Waals surface area contributed by atoms with Crippen molar-refractivity contribution < 1.29 is 28.7 Å². The molecule has 0 radical (unpaired) electrons. The summed E-state index contributed by atoms with van der Waals surface area (Å²) in [6.45, 7) is 1.42. The molecule has 3 atom stereocenters. The van der Waals surface area contributed by atoms with Crippen LogP contribution in [-0.2, 0) is 30.5 Å². The summed E-state index contributed by atoms with van der Waals surface area (Å²) < 4.78 is 9.93. The van der Waals surface area contributed by atoms with Crippen LogP contribution in [0.2, 0.25) is 0 Å². The van der Waals surface area contributed by atoms with Crippen LogP contribution in [0.1, 0.15) is 35.7 Å². The zero-order valence-electron chi connectivity index (χ0n) is 15.2. The van der Waals surface area contributed by atoms with E-state index in [1.54, 1.807) is 24.3 Å². The van der Waals surface area contributed by atoms with Crippen molar-refractivity contribution in [1.82, 2.24) is 4.90 Å². The van der Waals surface area contributed by atoms with Gasteiger partial charge in [0.05, 0.1) is 24.5 Å². The van der Waals surface area contributed by atoms with E-state index < -0.39 is 18.0 Å². The fourth-order valence-corrected chi connectivity index (χ4v) is 3.49. The molecular weight excluding hydrogens is 350 g/mol. The van der Waals surface area contributed by atoms with Crippen LogP contribution in [0, 0.1) is 11.8 Å². The van der Waals surface area contributed by atoms with Crippen LogP contribution in [0.4, 0.5) is 0 Å². The first-order valence-electron chi connectivity index (χ1n) is 8.80. The molecule has 0 N–H and O–H groups in total. The van der Waals surface area contributed by atoms with Gasteiger partial charge in [-0.15, -0.1) is 0 Å². The molecule has 2 aliphatic rings. The van der Waals surface area contributed by atoms with Gasteiger partial charge in [0.1, 0.15) is 12.6 Å². The lowest BCUT2D eigenvalue weighted by atomic mass is 9.85. The Morgan fingerprint density at radius 3 is 2.37 bits per heavy atom. The van der Waals surface area contributed by atoms with Crippen molar-refractivity contribution in [2.75, 3.05) is 7.11 Å². The molecule has 0 saturated carbocycles. The number of carbonyl (C=O) groups excluding carboxylic acids is 4. The van der Waals surface area contributed by atoms with E-state index in [0.29, 0.717) is 24.0 Å². The highest BCUT2D eigenvalue weighted by molar-refractivity contribution is 6.08. The molecule has 7 nitrogen and oxygen atoms in total. The monoisotopic (exact) mass is 371 g/mol. The molecule has 1 fully saturated rings. The average molecular weight is 371 g/mol. The lowest BCUT2D eigenvalue weighted by Gasteiger charge is -2.21. The second-order valence-electron chi connectivity index (χ2n) is 6.68. The molecule has 7 heteroatoms. The van der Waals surface area contributed by atoms with Crippen molar-refractivity contribution in [3.8, 4) is 0 Å². The summed E-state index contributed by atoms with van der Waals surface area (Å²) in [5, 5.41) is 0. The molecule has 1 heterocycles. The number of ether oxygens (including phenoxy) is 2. The number of hydrogen-bond acceptors (Lipinski definition) is 6. The third-order valence-corrected chi connectivity index (χ3v) is 5.00. The molecule has 0 aromatic heterocycles. The van der Waals surface area contributed by atoms with Gasteiger partial charge in [-0.1, -0.05) is 24.3 Å². The standard InChI is InChI=1S/C20H21NO6/c1-12(21-17(22)15-8-3-4-9-16(15)18(21)23)19(24)27-11-13-6-5-7-14(10-13)20(25)26-2/h3-7,10,12,15-16H,8-9,11H2,1-2H3. The number of imide groups is 1. The van der Waals surface area contributed by atoms with Crippen molar-refractivity contribution >= 4 is 23.8 Å². The molecular formula is C20H21NO6. The average Bonchev–Trinajstić information content (AvgIpc) is 2.96. The SMILES string of the molecule is COC(=O)c1cccc(COC(=O)C(C)N2C(=O)C3CC=CCC3C2=O)c1. The molecule has 27 heavy (non-hydrogen) atoms. The highest BCUT2D eigenvalue weighted by Crippen LogP contribution is 2.36. The van der Waals surface area contributed by atoms with Gasteiger partial charge in [-0.05, 0) is 37.5 Å². The quantitative estimate of drug-likeness (QED) is 0.446. The number of carbonyl (C=O) groups is 4. The summed E-state index contributed by atoms with van der Waals surface area (Å²) in [6.07, 6.45) is 4.84. The zero-order chi connectivity index (χ0) is 19.6. The van der Waals surface area contributed by atoms with Crippen LogP contribution in [0.3, 0.4) is 0 Å². The summed E-state index contributed by atoms with van der Waals surface area (Å²) in [7, 11) is 1.29. The number of likely N-dealkylation sites (tertiary alicyclic amines) is 1. The third kappa shape index (κ3) is 3.63. The van der Waals surface area contributed by atoms with Gasteiger partial charge in [0, 0.05) is 0 Å². The molecule has 0 spiro atoms. The molecule has 3 unspecified atom stereocenters. The van der Waals surface area contributed by atoms with Crippen LogP contribution < -0.4 is 0 Å². The Labute approximate surface area is 156 Å². The lowest BCUT2D eigenvalue weighted by Crippen LogP contribution is -2.44. The van der Waals surface area contributed by atoms with E-state index >= 15 is 0 Å². The fourth-order valence-electron chi connectivity index (χ4n) is 3.49. The Morgan fingerprint density at radius 1 is 1.15 bits per heavy atom. The first-order valence-corrected chi connectivity index (χ1v) is 8.80. The van der Waals surface area contributed by atoms with E-state index in [4.69, 9.17) is 4.74 Å². The van der Waals surface area contributed by atoms with Gasteiger partial charge < -0.3 is 9.47 Å². The number of methoxy groups -OCH3 is 1. The van der Waals surface area contributed by atoms with E-state index in [9.17, 15) is 19.2 Å². The molecule has 1 aromatic rings. The van der Waals surface area contributed by atoms with Crippen molar-refractivity contribution in [2.45, 2.75) is 32.4 Å². The maximum Gasteiger partial charge on any atom is 0.337 e. The summed E-state index contributed by atoms with van der Waals surface area (Å²) >= 11 is 0. The van der Waals surface area contributed by atoms with Crippen molar-refractivity contribution in [3.63, 3.8) is 0 Å². The molecule has 0 bridgehead atoms. The second kappa shape index (κ2) is 7.73. The fraction of sp³-hybridized carbons (Fsp3) is 0.400. The number of amides is 2. The minimum absolute atomic E-state index is 0.0708. The van der Waals surface area contributed by atoms with E-state index in [0.717, 1.165) is 4.90 Å². The molecule has 142 valence electrons. The Balaban J connectivity index is 1.64. The van der Waals surface area contributed by atoms with Crippen molar-refractivity contribution in [2.24, 2.45) is 11.8 Å². The Kier molecular flexibility index (Phi) is 5.39. The first-order chi connectivity index (χ1) is 12.9. The van der Waals surface area contributed by atoms with Crippen LogP contribution in [0.25, 0.3) is 0 Å². The van der Waals surface area contributed by atoms with Crippen LogP contribution >= 0.6 is 0 Å². The minimum atomic E-state index is -0.987. The van der Waals surface area contributed by atoms with Crippen molar-refractivity contribution in [1.29, 1.82) is 0 Å². The van der Waals surface area contributed by atoms with Gasteiger partial charge in [-0.2, -0.15) is 0 Å². The maximum atomic E-state index is 12.5. The third-order valence-electron chi connectivity index (χ3n) is 5.00. The van der Waals surface area contributed by atoms with E-state index in [1.165, 1.54) is 14.0 Å². The number of fused-ring (bicyclic) bond motifs is 1. The van der Waals surface area contributed by atoms with E-state index in [2.05, 4.69) is 4.74 Å². The summed E-state index contributed by atoms with van der Waals surface area (Å²) in [4.78, 5) is 50.1. The molecule has 1 aliphatic carbocycles. The topological polar surface area (TPSA) is 90.0 Å². The van der Waals surface area contributed by atoms with Crippen LogP contribution in [0.15, 0.2) is 36.4 Å². The maximum absolute atomic E-state index is 12.5. The van der Waals surface area contributed by atoms with E-state index in [-0.39, 0.29) is 30.3 Å². The largest absolute Gasteiger partial charge is 0.465 e. The van der Waals surface area contributed by atoms with Gasteiger partial charge >= 0.3 is 11.9 Å². The summed E-state index contributed by atoms with van der Waals surface area (Å²) in [5.41, 5.74) is 0.955. The molecule has 1 saturated heterocycles. The lowest BCUT2D eigenvalue weighted by molar-refractivity contribution is -0.159. The zero-order valence-corrected chi connectivity index (χ0v) is 15.2. The van der Waals surface area contributed by atoms with Gasteiger partial charge in [-0.25, -0.2) is 9.59 Å². The molecule has 3 rings (SSSR count). The van der Waals surface area contributed by atoms with E-state index in [1.807, 2.05) is 12.2 Å². The summed E-state index contributed by atoms with van der Waals surface area (Å²) in [5.74, 6) is -2.53. The van der Waals surface area contributed by atoms with Gasteiger partial charge in [0.25, 0.3) is 0 Å². The molecule has 1 aliphatic heterocycles. The second-order valence-corrected chi connectivity index (χ2v) is 6.68. The van der Waals surface area contributed by atoms with Gasteiger partial charge in [0.2, 0.25) is 11.8 Å². The molecule has 2 amide bonds. The predicted molar refractivity (Wildman–Crippen MR) is 94.2 cm³/mol. The smallest absolute Gasteiger partial charge is 0.337 e. The Bertz CT molecular complexity index is 788. The Morgan fingerprint density at radius 2 is 1.78 bits per heavy atom. The minimum Gasteiger partial charge on any atom is -0.465 e. The highest BCUT2D eigenvalue weighted by atomic mass is 16.5. The highest BCUT2D eigenvalue weighted by Gasteiger charge is 2.50. The Hall–Kier alpha value is -2.96. The number of allylic oxidation sites excluding steroid dienone is 2. The van der Waals surface area contributed by atoms with Gasteiger partial charge in [-0.3, -0.25) is 14.5 Å². The van der Waals surface area contributed by atoms with Crippen LogP contribution in [0.5, 0.6) is 0 Å². The first kappa shape index (κ1) is 18.8. The summed E-state index contributed by atoms with van der Waals surface area (Å²) in [6, 6.07) is 5.54. The number of rotatable bonds is 5. The van der Waals surface area contributed by atoms with Gasteiger partial charge in [0.15, 0.2) is 0 Å².